The highest BCUT2D eigenvalue weighted by Gasteiger charge is 2.10. The van der Waals surface area contributed by atoms with Gasteiger partial charge in [-0.3, -0.25) is 4.98 Å². The van der Waals surface area contributed by atoms with Crippen molar-refractivity contribution in [3.63, 3.8) is 0 Å². The summed E-state index contributed by atoms with van der Waals surface area (Å²) in [6.07, 6.45) is 2.64. The average molecular weight is 483 g/mol. The molecular weight excluding hydrogens is 457 g/mol. The van der Waals surface area contributed by atoms with E-state index in [2.05, 4.69) is 44.5 Å². The first-order valence-electron chi connectivity index (χ1n) is 8.66. The molecule has 140 valence electrons. The lowest BCUT2D eigenvalue weighted by atomic mass is 10.2. The molecule has 7 heteroatoms. The third-order valence-corrected chi connectivity index (χ3v) is 5.10. The monoisotopic (exact) mass is 483 g/mol. The second kappa shape index (κ2) is 11.3. The second-order valence-corrected chi connectivity index (χ2v) is 7.19. The number of nitrogens with two attached hydrogens (primary N) is 1. The maximum absolute atomic E-state index is 5.94. The van der Waals surface area contributed by atoms with Gasteiger partial charge in [0.25, 0.3) is 0 Å². The number of guanidine groups is 1. The standard InChI is InChI=1S/C19H25N5S.HI/c20-19(22-10-8-17-3-1-2-9-21-17)23-15-16-4-6-18(7-5-16)24-11-13-25-14-12-24;/h1-7,9H,8,10-15H2,(H3,20,22,23);1H. The molecule has 1 aliphatic heterocycles. The first-order chi connectivity index (χ1) is 12.3. The summed E-state index contributed by atoms with van der Waals surface area (Å²) in [5, 5.41) is 3.14. The van der Waals surface area contributed by atoms with E-state index in [9.17, 15) is 0 Å². The fourth-order valence-corrected chi connectivity index (χ4v) is 3.63. The summed E-state index contributed by atoms with van der Waals surface area (Å²) >= 11 is 2.03. The van der Waals surface area contributed by atoms with Gasteiger partial charge in [-0.15, -0.1) is 24.0 Å². The minimum atomic E-state index is 0. The smallest absolute Gasteiger partial charge is 0.188 e. The van der Waals surface area contributed by atoms with E-state index >= 15 is 0 Å². The number of benzene rings is 1. The molecule has 1 saturated heterocycles. The Morgan fingerprint density at radius 2 is 1.92 bits per heavy atom. The molecule has 0 unspecified atom stereocenters. The largest absolute Gasteiger partial charge is 0.370 e. The summed E-state index contributed by atoms with van der Waals surface area (Å²) in [5.74, 6) is 2.91. The number of halogens is 1. The second-order valence-electron chi connectivity index (χ2n) is 5.97. The molecule has 2 aromatic rings. The molecule has 0 amide bonds. The summed E-state index contributed by atoms with van der Waals surface area (Å²) in [6, 6.07) is 14.6. The van der Waals surface area contributed by atoms with E-state index in [0.717, 1.165) is 31.7 Å². The highest BCUT2D eigenvalue weighted by atomic mass is 127. The molecule has 1 aromatic heterocycles. The fraction of sp³-hybridized carbons (Fsp3) is 0.368. The van der Waals surface area contributed by atoms with Crippen LogP contribution in [-0.4, -0.2) is 42.1 Å². The predicted molar refractivity (Wildman–Crippen MR) is 123 cm³/mol. The predicted octanol–water partition coefficient (Wildman–Crippen LogP) is 2.90. The summed E-state index contributed by atoms with van der Waals surface area (Å²) < 4.78 is 0. The van der Waals surface area contributed by atoms with Crippen molar-refractivity contribution in [1.29, 1.82) is 0 Å². The first kappa shape index (κ1) is 20.8. The van der Waals surface area contributed by atoms with Gasteiger partial charge >= 0.3 is 0 Å². The van der Waals surface area contributed by atoms with Gasteiger partial charge in [-0.25, -0.2) is 4.99 Å². The Hall–Kier alpha value is -1.48. The highest BCUT2D eigenvalue weighted by molar-refractivity contribution is 14.0. The molecule has 1 fully saturated rings. The minimum absolute atomic E-state index is 0. The van der Waals surface area contributed by atoms with E-state index in [-0.39, 0.29) is 24.0 Å². The van der Waals surface area contributed by atoms with E-state index in [4.69, 9.17) is 5.73 Å². The van der Waals surface area contributed by atoms with Gasteiger partial charge in [-0.05, 0) is 29.8 Å². The van der Waals surface area contributed by atoms with Gasteiger partial charge < -0.3 is 16.0 Å². The zero-order chi connectivity index (χ0) is 17.3. The van der Waals surface area contributed by atoms with Crippen molar-refractivity contribution in [3.8, 4) is 0 Å². The third kappa shape index (κ3) is 6.68. The lowest BCUT2D eigenvalue weighted by Crippen LogP contribution is -2.33. The molecule has 0 radical (unpaired) electrons. The van der Waals surface area contributed by atoms with Crippen LogP contribution in [0.4, 0.5) is 5.69 Å². The molecular formula is C19H26IN5S. The van der Waals surface area contributed by atoms with Gasteiger partial charge in [0.1, 0.15) is 0 Å². The maximum atomic E-state index is 5.94. The maximum Gasteiger partial charge on any atom is 0.188 e. The van der Waals surface area contributed by atoms with Crippen LogP contribution in [0, 0.1) is 0 Å². The summed E-state index contributed by atoms with van der Waals surface area (Å²) in [7, 11) is 0. The van der Waals surface area contributed by atoms with Crippen molar-refractivity contribution in [2.45, 2.75) is 13.0 Å². The van der Waals surface area contributed by atoms with Gasteiger partial charge in [0.2, 0.25) is 0 Å². The van der Waals surface area contributed by atoms with Crippen molar-refractivity contribution < 1.29 is 0 Å². The molecule has 0 aliphatic carbocycles. The molecule has 0 spiro atoms. The van der Waals surface area contributed by atoms with Crippen LogP contribution in [0.15, 0.2) is 53.7 Å². The van der Waals surface area contributed by atoms with Crippen LogP contribution in [0.2, 0.25) is 0 Å². The van der Waals surface area contributed by atoms with Gasteiger partial charge in [0, 0.05) is 55.1 Å². The topological polar surface area (TPSA) is 66.5 Å². The van der Waals surface area contributed by atoms with Gasteiger partial charge in [-0.1, -0.05) is 18.2 Å². The van der Waals surface area contributed by atoms with Crippen molar-refractivity contribution in [2.75, 3.05) is 36.0 Å². The zero-order valence-corrected chi connectivity index (χ0v) is 18.0. The Morgan fingerprint density at radius 3 is 2.62 bits per heavy atom. The Kier molecular flexibility index (Phi) is 9.04. The average Bonchev–Trinajstić information content (AvgIpc) is 2.68. The normalized spacial score (nSPS) is 14.6. The van der Waals surface area contributed by atoms with Crippen LogP contribution in [0.5, 0.6) is 0 Å². The van der Waals surface area contributed by atoms with E-state index < -0.39 is 0 Å². The van der Waals surface area contributed by atoms with Crippen molar-refractivity contribution >= 4 is 47.4 Å². The van der Waals surface area contributed by atoms with E-state index in [1.807, 2.05) is 30.0 Å². The quantitative estimate of drug-likeness (QED) is 0.376. The fourth-order valence-electron chi connectivity index (χ4n) is 2.73. The van der Waals surface area contributed by atoms with Gasteiger partial charge in [0.05, 0.1) is 6.54 Å². The molecule has 0 saturated carbocycles. The number of anilines is 1. The number of aliphatic imine (C=N–C) groups is 1. The van der Waals surface area contributed by atoms with E-state index in [1.165, 1.54) is 22.8 Å². The lowest BCUT2D eigenvalue weighted by molar-refractivity contribution is 0.827. The Balaban J connectivity index is 0.00000243. The molecule has 1 aliphatic rings. The summed E-state index contributed by atoms with van der Waals surface area (Å²) in [6.45, 7) is 3.60. The zero-order valence-electron chi connectivity index (χ0n) is 14.8. The van der Waals surface area contributed by atoms with E-state index in [1.54, 1.807) is 6.20 Å². The number of pyridine rings is 1. The molecule has 3 N–H and O–H groups in total. The number of nitrogens with one attached hydrogen (secondary N) is 1. The Morgan fingerprint density at radius 1 is 1.15 bits per heavy atom. The van der Waals surface area contributed by atoms with Crippen molar-refractivity contribution in [2.24, 2.45) is 10.7 Å². The van der Waals surface area contributed by atoms with Gasteiger partial charge in [-0.2, -0.15) is 11.8 Å². The third-order valence-electron chi connectivity index (χ3n) is 4.16. The number of thioether (sulfide) groups is 1. The highest BCUT2D eigenvalue weighted by Crippen LogP contribution is 2.20. The van der Waals surface area contributed by atoms with Gasteiger partial charge in [0.15, 0.2) is 5.96 Å². The van der Waals surface area contributed by atoms with Crippen LogP contribution in [0.1, 0.15) is 11.3 Å². The summed E-state index contributed by atoms with van der Waals surface area (Å²) in [5.41, 5.74) is 9.46. The molecule has 0 bridgehead atoms. The van der Waals surface area contributed by atoms with Crippen LogP contribution >= 0.6 is 35.7 Å². The number of hydrogen-bond acceptors (Lipinski definition) is 4. The molecule has 3 rings (SSSR count). The SMILES string of the molecule is I.NC(=NCc1ccc(N2CCSCC2)cc1)NCCc1ccccn1. The number of aromatic nitrogens is 1. The Bertz CT molecular complexity index is 672. The Labute approximate surface area is 176 Å². The van der Waals surface area contributed by atoms with Crippen LogP contribution in [0.25, 0.3) is 0 Å². The van der Waals surface area contributed by atoms with Crippen molar-refractivity contribution in [3.05, 3.63) is 59.9 Å². The van der Waals surface area contributed by atoms with Crippen LogP contribution < -0.4 is 16.0 Å². The molecule has 2 heterocycles. The van der Waals surface area contributed by atoms with Crippen LogP contribution in [-0.2, 0) is 13.0 Å². The number of hydrogen-bond donors (Lipinski definition) is 2. The minimum Gasteiger partial charge on any atom is -0.370 e. The summed E-state index contributed by atoms with van der Waals surface area (Å²) in [4.78, 5) is 11.1. The number of nitrogens with zero attached hydrogens (tertiary/aromatic N) is 3. The van der Waals surface area contributed by atoms with Crippen molar-refractivity contribution in [1.82, 2.24) is 10.3 Å². The first-order valence-corrected chi connectivity index (χ1v) is 9.82. The van der Waals surface area contributed by atoms with E-state index in [0.29, 0.717) is 12.5 Å². The van der Waals surface area contributed by atoms with Crippen LogP contribution in [0.3, 0.4) is 0 Å². The molecule has 0 atom stereocenters. The molecule has 26 heavy (non-hydrogen) atoms. The lowest BCUT2D eigenvalue weighted by Gasteiger charge is -2.28. The molecule has 1 aromatic carbocycles. The molecule has 5 nitrogen and oxygen atoms in total. The number of rotatable bonds is 6.